The number of carbonyl (C=O) groups excluding carboxylic acids is 4. The molecule has 8 heteroatoms. The average Bonchev–Trinajstić information content (AvgIpc) is 3.30. The standard InChI is InChI=1S/C31H30N4O4/c36-27-15-14-26(29(37)32-27)35-20-25-23(12-7-13-24(25)31(35)39)30(38)34-18-16-33(17-19-34)28(21-8-3-1-4-9-21)22-10-5-2-6-11-22/h1-13,26,28H,14-20H2,(H,32,36,37). The maximum atomic E-state index is 13.7. The third kappa shape index (κ3) is 4.72. The van der Waals surface area contributed by atoms with E-state index < -0.39 is 11.9 Å². The number of carbonyl (C=O) groups is 4. The summed E-state index contributed by atoms with van der Waals surface area (Å²) in [5, 5.41) is 2.33. The number of piperazine rings is 1. The highest BCUT2D eigenvalue weighted by Crippen LogP contribution is 2.32. The van der Waals surface area contributed by atoms with E-state index in [1.807, 2.05) is 17.0 Å². The summed E-state index contributed by atoms with van der Waals surface area (Å²) in [4.78, 5) is 56.7. The summed E-state index contributed by atoms with van der Waals surface area (Å²) < 4.78 is 0. The van der Waals surface area contributed by atoms with Gasteiger partial charge in [0.1, 0.15) is 6.04 Å². The van der Waals surface area contributed by atoms with E-state index in [0.29, 0.717) is 36.2 Å². The average molecular weight is 523 g/mol. The molecule has 3 aromatic rings. The van der Waals surface area contributed by atoms with Gasteiger partial charge in [-0.1, -0.05) is 66.7 Å². The third-order valence-corrected chi connectivity index (χ3v) is 8.01. The smallest absolute Gasteiger partial charge is 0.255 e. The molecule has 4 amide bonds. The first kappa shape index (κ1) is 25.0. The molecule has 6 rings (SSSR count). The van der Waals surface area contributed by atoms with Crippen LogP contribution in [-0.4, -0.2) is 70.5 Å². The van der Waals surface area contributed by atoms with E-state index >= 15 is 0 Å². The van der Waals surface area contributed by atoms with Gasteiger partial charge in [0.15, 0.2) is 0 Å². The van der Waals surface area contributed by atoms with Crippen molar-refractivity contribution in [3.63, 3.8) is 0 Å². The van der Waals surface area contributed by atoms with Crippen molar-refractivity contribution < 1.29 is 19.2 Å². The molecule has 2 saturated heterocycles. The number of nitrogens with one attached hydrogen (secondary N) is 1. The van der Waals surface area contributed by atoms with Crippen LogP contribution >= 0.6 is 0 Å². The van der Waals surface area contributed by atoms with Crippen molar-refractivity contribution >= 4 is 23.6 Å². The molecule has 0 aliphatic carbocycles. The highest BCUT2D eigenvalue weighted by atomic mass is 16.2. The Morgan fingerprint density at radius 2 is 1.44 bits per heavy atom. The Kier molecular flexibility index (Phi) is 6.70. The Hall–Kier alpha value is -4.30. The lowest BCUT2D eigenvalue weighted by Gasteiger charge is -2.40. The van der Waals surface area contributed by atoms with Crippen molar-refractivity contribution in [1.29, 1.82) is 0 Å². The molecule has 3 aliphatic heterocycles. The molecule has 1 unspecified atom stereocenters. The molecular weight excluding hydrogens is 492 g/mol. The molecule has 8 nitrogen and oxygen atoms in total. The molecular formula is C31H30N4O4. The number of hydrogen-bond donors (Lipinski definition) is 1. The molecule has 0 bridgehead atoms. The van der Waals surface area contributed by atoms with Gasteiger partial charge in [0.25, 0.3) is 11.8 Å². The highest BCUT2D eigenvalue weighted by Gasteiger charge is 2.41. The van der Waals surface area contributed by atoms with Crippen molar-refractivity contribution in [2.24, 2.45) is 0 Å². The van der Waals surface area contributed by atoms with Gasteiger partial charge in [-0.15, -0.1) is 0 Å². The van der Waals surface area contributed by atoms with Gasteiger partial charge in [0, 0.05) is 50.3 Å². The van der Waals surface area contributed by atoms with Gasteiger partial charge >= 0.3 is 0 Å². The normalized spacial score (nSPS) is 19.8. The maximum Gasteiger partial charge on any atom is 0.255 e. The van der Waals surface area contributed by atoms with Crippen LogP contribution in [0.25, 0.3) is 0 Å². The van der Waals surface area contributed by atoms with Crippen molar-refractivity contribution in [3.8, 4) is 0 Å². The van der Waals surface area contributed by atoms with E-state index in [-0.39, 0.29) is 36.7 Å². The SMILES string of the molecule is O=C1CCC(N2Cc3c(C(=O)N4CCN(C(c5ccccc5)c5ccccc5)CC4)cccc3C2=O)C(=O)N1. The fourth-order valence-corrected chi connectivity index (χ4v) is 6.02. The molecule has 198 valence electrons. The second-order valence-corrected chi connectivity index (χ2v) is 10.3. The molecule has 0 spiro atoms. The Morgan fingerprint density at radius 3 is 2.05 bits per heavy atom. The second kappa shape index (κ2) is 10.5. The zero-order chi connectivity index (χ0) is 26.9. The van der Waals surface area contributed by atoms with Gasteiger partial charge in [-0.3, -0.25) is 29.4 Å². The first-order valence-electron chi connectivity index (χ1n) is 13.4. The van der Waals surface area contributed by atoms with Crippen LogP contribution in [0.5, 0.6) is 0 Å². The van der Waals surface area contributed by atoms with Crippen LogP contribution in [0.2, 0.25) is 0 Å². The molecule has 3 heterocycles. The summed E-state index contributed by atoms with van der Waals surface area (Å²) in [7, 11) is 0. The number of nitrogens with zero attached hydrogens (tertiary/aromatic N) is 3. The van der Waals surface area contributed by atoms with Gasteiger partial charge in [0.2, 0.25) is 11.8 Å². The summed E-state index contributed by atoms with van der Waals surface area (Å²) in [5.74, 6) is -1.15. The molecule has 0 saturated carbocycles. The summed E-state index contributed by atoms with van der Waals surface area (Å²) in [6, 6.07) is 25.5. The van der Waals surface area contributed by atoms with Crippen LogP contribution in [0.1, 0.15) is 56.3 Å². The Morgan fingerprint density at radius 1 is 0.795 bits per heavy atom. The lowest BCUT2D eigenvalue weighted by Crippen LogP contribution is -2.52. The molecule has 1 N–H and O–H groups in total. The summed E-state index contributed by atoms with van der Waals surface area (Å²) in [6.45, 7) is 2.77. The van der Waals surface area contributed by atoms with Crippen molar-refractivity contribution in [3.05, 3.63) is 107 Å². The first-order valence-corrected chi connectivity index (χ1v) is 13.4. The van der Waals surface area contributed by atoms with Gasteiger partial charge in [-0.05, 0) is 35.2 Å². The monoisotopic (exact) mass is 522 g/mol. The van der Waals surface area contributed by atoms with Gasteiger partial charge < -0.3 is 9.80 Å². The number of imide groups is 1. The van der Waals surface area contributed by atoms with Crippen LogP contribution in [0, 0.1) is 0 Å². The summed E-state index contributed by atoms with van der Waals surface area (Å²) >= 11 is 0. The fourth-order valence-electron chi connectivity index (χ4n) is 6.02. The minimum Gasteiger partial charge on any atom is -0.336 e. The van der Waals surface area contributed by atoms with Crippen LogP contribution in [0.4, 0.5) is 0 Å². The van der Waals surface area contributed by atoms with Gasteiger partial charge in [-0.2, -0.15) is 0 Å². The van der Waals surface area contributed by atoms with Crippen LogP contribution in [0.15, 0.2) is 78.9 Å². The second-order valence-electron chi connectivity index (χ2n) is 10.3. The Bertz CT molecular complexity index is 1380. The zero-order valence-electron chi connectivity index (χ0n) is 21.6. The van der Waals surface area contributed by atoms with Crippen LogP contribution in [-0.2, 0) is 16.1 Å². The van der Waals surface area contributed by atoms with Gasteiger partial charge in [0.05, 0.1) is 6.04 Å². The maximum absolute atomic E-state index is 13.7. The number of hydrogen-bond acceptors (Lipinski definition) is 5. The Balaban J connectivity index is 1.19. The Labute approximate surface area is 227 Å². The van der Waals surface area contributed by atoms with E-state index in [1.54, 1.807) is 18.2 Å². The van der Waals surface area contributed by atoms with E-state index in [9.17, 15) is 19.2 Å². The highest BCUT2D eigenvalue weighted by molar-refractivity contribution is 6.07. The predicted octanol–water partition coefficient (Wildman–Crippen LogP) is 3.00. The molecule has 0 radical (unpaired) electrons. The van der Waals surface area contributed by atoms with Gasteiger partial charge in [-0.25, -0.2) is 0 Å². The molecule has 3 aliphatic rings. The third-order valence-electron chi connectivity index (χ3n) is 8.01. The minimum atomic E-state index is -0.706. The predicted molar refractivity (Wildman–Crippen MR) is 145 cm³/mol. The minimum absolute atomic E-state index is 0.0969. The van der Waals surface area contributed by atoms with E-state index in [2.05, 4.69) is 58.7 Å². The molecule has 3 aromatic carbocycles. The van der Waals surface area contributed by atoms with Crippen molar-refractivity contribution in [2.75, 3.05) is 26.2 Å². The molecule has 39 heavy (non-hydrogen) atoms. The zero-order valence-corrected chi connectivity index (χ0v) is 21.6. The fraction of sp³-hybridized carbons (Fsp3) is 0.290. The summed E-state index contributed by atoms with van der Waals surface area (Å²) in [6.07, 6.45) is 0.485. The van der Waals surface area contributed by atoms with Crippen LogP contribution < -0.4 is 5.32 Å². The number of benzene rings is 3. The van der Waals surface area contributed by atoms with E-state index in [1.165, 1.54) is 16.0 Å². The largest absolute Gasteiger partial charge is 0.336 e. The molecule has 1 atom stereocenters. The van der Waals surface area contributed by atoms with Crippen LogP contribution in [0.3, 0.4) is 0 Å². The van der Waals surface area contributed by atoms with E-state index in [4.69, 9.17) is 0 Å². The van der Waals surface area contributed by atoms with E-state index in [0.717, 1.165) is 13.1 Å². The number of piperidine rings is 1. The topological polar surface area (TPSA) is 90.0 Å². The number of rotatable bonds is 5. The first-order chi connectivity index (χ1) is 19.0. The van der Waals surface area contributed by atoms with Crippen molar-refractivity contribution in [1.82, 2.24) is 20.0 Å². The van der Waals surface area contributed by atoms with Crippen molar-refractivity contribution in [2.45, 2.75) is 31.5 Å². The molecule has 0 aromatic heterocycles. The lowest BCUT2D eigenvalue weighted by atomic mass is 9.96. The summed E-state index contributed by atoms with van der Waals surface area (Å²) in [5.41, 5.74) is 4.06. The number of fused-ring (bicyclic) bond motifs is 1. The number of amides is 4. The quantitative estimate of drug-likeness (QED) is 0.521. The lowest BCUT2D eigenvalue weighted by molar-refractivity contribution is -0.136. The molecule has 2 fully saturated rings.